The zero-order chi connectivity index (χ0) is 13.8. The molecule has 1 fully saturated rings. The van der Waals surface area contributed by atoms with Crippen LogP contribution in [-0.2, 0) is 4.79 Å². The average molecular weight is 265 g/mol. The summed E-state index contributed by atoms with van der Waals surface area (Å²) >= 11 is 0. The third-order valence-electron chi connectivity index (χ3n) is 3.03. The van der Waals surface area contributed by atoms with Crippen molar-refractivity contribution in [2.45, 2.75) is 18.9 Å². The molecule has 2 N–H and O–H groups in total. The van der Waals surface area contributed by atoms with Gasteiger partial charge in [-0.25, -0.2) is 0 Å². The number of hydrogen-bond acceptors (Lipinski definition) is 5. The molecule has 1 amide bonds. The quantitative estimate of drug-likeness (QED) is 0.632. The van der Waals surface area contributed by atoms with Gasteiger partial charge in [0.15, 0.2) is 0 Å². The molecule has 0 saturated carbocycles. The molecule has 7 heteroatoms. The van der Waals surface area contributed by atoms with E-state index in [1.807, 2.05) is 0 Å². The summed E-state index contributed by atoms with van der Waals surface area (Å²) in [5.74, 6) is 0.130. The first-order chi connectivity index (χ1) is 9.11. The van der Waals surface area contributed by atoms with Gasteiger partial charge in [0.1, 0.15) is 5.75 Å². The Morgan fingerprint density at radius 1 is 1.58 bits per heavy atom. The van der Waals surface area contributed by atoms with Crippen molar-refractivity contribution < 1.29 is 14.5 Å². The highest BCUT2D eigenvalue weighted by Crippen LogP contribution is 2.29. The topological polar surface area (TPSA) is 93.5 Å². The summed E-state index contributed by atoms with van der Waals surface area (Å²) in [6.45, 7) is 0.829. The predicted molar refractivity (Wildman–Crippen MR) is 69.3 cm³/mol. The Labute approximate surface area is 110 Å². The zero-order valence-corrected chi connectivity index (χ0v) is 10.5. The smallest absolute Gasteiger partial charge is 0.273 e. The van der Waals surface area contributed by atoms with Gasteiger partial charge >= 0.3 is 0 Å². The van der Waals surface area contributed by atoms with Gasteiger partial charge in [-0.1, -0.05) is 0 Å². The highest BCUT2D eigenvalue weighted by molar-refractivity contribution is 5.96. The third-order valence-corrected chi connectivity index (χ3v) is 3.03. The standard InChI is InChI=1S/C12H15N3O4/c1-19-11-7-8(15(17)18)4-5-9(11)14-12(16)10-3-2-6-13-10/h4-5,7,10,13H,2-3,6H2,1H3,(H,14,16)/t10-/m0/s1. The first-order valence-corrected chi connectivity index (χ1v) is 5.98. The van der Waals surface area contributed by atoms with Gasteiger partial charge in [0.2, 0.25) is 5.91 Å². The molecule has 1 heterocycles. The number of carbonyl (C=O) groups excluding carboxylic acids is 1. The molecule has 1 aliphatic rings. The van der Waals surface area contributed by atoms with Crippen LogP contribution in [0.3, 0.4) is 0 Å². The number of carbonyl (C=O) groups is 1. The Balaban J connectivity index is 2.15. The Kier molecular flexibility index (Phi) is 3.96. The normalized spacial score (nSPS) is 18.1. The van der Waals surface area contributed by atoms with Crippen LogP contribution in [0.15, 0.2) is 18.2 Å². The molecule has 0 aliphatic carbocycles. The van der Waals surface area contributed by atoms with Crippen molar-refractivity contribution in [2.24, 2.45) is 0 Å². The summed E-state index contributed by atoms with van der Waals surface area (Å²) in [7, 11) is 1.41. The number of methoxy groups -OCH3 is 1. The predicted octanol–water partition coefficient (Wildman–Crippen LogP) is 1.29. The minimum atomic E-state index is -0.507. The molecule has 0 radical (unpaired) electrons. The molecule has 102 valence electrons. The number of hydrogen-bond donors (Lipinski definition) is 2. The Morgan fingerprint density at radius 3 is 2.95 bits per heavy atom. The SMILES string of the molecule is COc1cc([N+](=O)[O-])ccc1NC(=O)[C@@H]1CCCN1. The molecule has 19 heavy (non-hydrogen) atoms. The summed E-state index contributed by atoms with van der Waals surface area (Å²) in [5.41, 5.74) is 0.362. The van der Waals surface area contributed by atoms with Crippen molar-refractivity contribution in [2.75, 3.05) is 19.0 Å². The molecule has 7 nitrogen and oxygen atoms in total. The molecule has 0 unspecified atom stereocenters. The molecule has 1 aromatic carbocycles. The zero-order valence-electron chi connectivity index (χ0n) is 10.5. The van der Waals surface area contributed by atoms with Crippen molar-refractivity contribution in [1.29, 1.82) is 0 Å². The Hall–Kier alpha value is -2.15. The van der Waals surface area contributed by atoms with Crippen molar-refractivity contribution in [3.63, 3.8) is 0 Å². The maximum absolute atomic E-state index is 11.9. The van der Waals surface area contributed by atoms with Gasteiger partial charge in [-0.15, -0.1) is 0 Å². The minimum Gasteiger partial charge on any atom is -0.494 e. The van der Waals surface area contributed by atoms with E-state index in [9.17, 15) is 14.9 Å². The van der Waals surface area contributed by atoms with Crippen molar-refractivity contribution in [1.82, 2.24) is 5.32 Å². The Morgan fingerprint density at radius 2 is 2.37 bits per heavy atom. The van der Waals surface area contributed by atoms with Crippen molar-refractivity contribution >= 4 is 17.3 Å². The Bertz CT molecular complexity index is 498. The van der Waals surface area contributed by atoms with Gasteiger partial charge in [0, 0.05) is 6.07 Å². The third kappa shape index (κ3) is 3.00. The second-order valence-corrected chi connectivity index (χ2v) is 4.28. The number of nitrogens with zero attached hydrogens (tertiary/aromatic N) is 1. The van der Waals surface area contributed by atoms with E-state index in [1.165, 1.54) is 25.3 Å². The fourth-order valence-corrected chi connectivity index (χ4v) is 2.02. The second-order valence-electron chi connectivity index (χ2n) is 4.28. The van der Waals surface area contributed by atoms with E-state index in [1.54, 1.807) is 0 Å². The van der Waals surface area contributed by atoms with E-state index in [4.69, 9.17) is 4.74 Å². The molecular formula is C12H15N3O4. The second kappa shape index (κ2) is 5.66. The van der Waals surface area contributed by atoms with Crippen molar-refractivity contribution in [3.05, 3.63) is 28.3 Å². The van der Waals surface area contributed by atoms with Gasteiger partial charge in [-0.3, -0.25) is 14.9 Å². The molecule has 0 aromatic heterocycles. The average Bonchev–Trinajstić information content (AvgIpc) is 2.92. The van der Waals surface area contributed by atoms with E-state index in [2.05, 4.69) is 10.6 Å². The number of non-ortho nitro benzene ring substituents is 1. The highest BCUT2D eigenvalue weighted by atomic mass is 16.6. The lowest BCUT2D eigenvalue weighted by molar-refractivity contribution is -0.384. The number of benzene rings is 1. The van der Waals surface area contributed by atoms with Crippen LogP contribution in [0.2, 0.25) is 0 Å². The van der Waals surface area contributed by atoms with E-state index >= 15 is 0 Å². The van der Waals surface area contributed by atoms with E-state index < -0.39 is 4.92 Å². The lowest BCUT2D eigenvalue weighted by Gasteiger charge is -2.13. The summed E-state index contributed by atoms with van der Waals surface area (Å²) in [6, 6.07) is 3.89. The first kappa shape index (κ1) is 13.3. The lowest BCUT2D eigenvalue weighted by Crippen LogP contribution is -2.35. The summed E-state index contributed by atoms with van der Waals surface area (Å²) in [6.07, 6.45) is 1.76. The first-order valence-electron chi connectivity index (χ1n) is 5.98. The van der Waals surface area contributed by atoms with Crippen LogP contribution in [0.4, 0.5) is 11.4 Å². The molecule has 1 saturated heterocycles. The van der Waals surface area contributed by atoms with Crippen LogP contribution in [0, 0.1) is 10.1 Å². The number of ether oxygens (including phenoxy) is 1. The van der Waals surface area contributed by atoms with E-state index in [-0.39, 0.29) is 23.4 Å². The van der Waals surface area contributed by atoms with Gasteiger partial charge in [0.05, 0.1) is 29.8 Å². The lowest BCUT2D eigenvalue weighted by atomic mass is 10.2. The van der Waals surface area contributed by atoms with Gasteiger partial charge < -0.3 is 15.4 Å². The van der Waals surface area contributed by atoms with Crippen LogP contribution < -0.4 is 15.4 Å². The molecule has 2 rings (SSSR count). The summed E-state index contributed by atoms with van der Waals surface area (Å²) < 4.78 is 5.06. The minimum absolute atomic E-state index is 0.0751. The molecule has 1 atom stereocenters. The number of nitrogens with one attached hydrogen (secondary N) is 2. The number of rotatable bonds is 4. The van der Waals surface area contributed by atoms with Crippen LogP contribution in [0.5, 0.6) is 5.75 Å². The maximum Gasteiger partial charge on any atom is 0.273 e. The molecule has 1 aromatic rings. The number of amides is 1. The van der Waals surface area contributed by atoms with Crippen LogP contribution in [0.1, 0.15) is 12.8 Å². The monoisotopic (exact) mass is 265 g/mol. The maximum atomic E-state index is 11.9. The van der Waals surface area contributed by atoms with Crippen LogP contribution in [0.25, 0.3) is 0 Å². The fourth-order valence-electron chi connectivity index (χ4n) is 2.02. The molecular weight excluding hydrogens is 250 g/mol. The van der Waals surface area contributed by atoms with Gasteiger partial charge in [-0.05, 0) is 25.5 Å². The van der Waals surface area contributed by atoms with Crippen LogP contribution in [-0.4, -0.2) is 30.5 Å². The molecule has 1 aliphatic heterocycles. The molecule has 0 spiro atoms. The number of nitro groups is 1. The fraction of sp³-hybridized carbons (Fsp3) is 0.417. The van der Waals surface area contributed by atoms with Gasteiger partial charge in [-0.2, -0.15) is 0 Å². The number of anilines is 1. The van der Waals surface area contributed by atoms with Crippen LogP contribution >= 0.6 is 0 Å². The number of nitro benzene ring substituents is 1. The summed E-state index contributed by atoms with van der Waals surface area (Å²) in [4.78, 5) is 22.1. The van der Waals surface area contributed by atoms with E-state index in [0.29, 0.717) is 5.69 Å². The van der Waals surface area contributed by atoms with Crippen molar-refractivity contribution in [3.8, 4) is 5.75 Å². The highest BCUT2D eigenvalue weighted by Gasteiger charge is 2.23. The summed E-state index contributed by atoms with van der Waals surface area (Å²) in [5, 5.41) is 16.5. The molecule has 0 bridgehead atoms. The van der Waals surface area contributed by atoms with Gasteiger partial charge in [0.25, 0.3) is 5.69 Å². The largest absolute Gasteiger partial charge is 0.494 e. The van der Waals surface area contributed by atoms with E-state index in [0.717, 1.165) is 19.4 Å².